The molecule has 1 aromatic rings. The fraction of sp³-hybridized carbons (Fsp3) is 0.727. The fourth-order valence-corrected chi connectivity index (χ4v) is 2.14. The molecule has 1 fully saturated rings. The van der Waals surface area contributed by atoms with E-state index in [1.807, 2.05) is 0 Å². The Morgan fingerprint density at radius 3 is 2.71 bits per heavy atom. The van der Waals surface area contributed by atoms with Crippen molar-refractivity contribution in [3.05, 3.63) is 17.7 Å². The Morgan fingerprint density at radius 1 is 1.36 bits per heavy atom. The molecule has 78 valence electrons. The normalized spacial score (nSPS) is 17.9. The lowest BCUT2D eigenvalue weighted by molar-refractivity contribution is 0.317. The van der Waals surface area contributed by atoms with Crippen molar-refractivity contribution in [2.45, 2.75) is 39.8 Å². The molecule has 0 spiro atoms. The van der Waals surface area contributed by atoms with E-state index in [2.05, 4.69) is 34.5 Å². The highest BCUT2D eigenvalue weighted by molar-refractivity contribution is 5.02. The zero-order valence-corrected chi connectivity index (χ0v) is 9.16. The van der Waals surface area contributed by atoms with Crippen molar-refractivity contribution in [3.63, 3.8) is 0 Å². The largest absolute Gasteiger partial charge is 0.334 e. The molecule has 1 aliphatic rings. The van der Waals surface area contributed by atoms with Gasteiger partial charge in [0.05, 0.1) is 12.2 Å². The lowest BCUT2D eigenvalue weighted by atomic mass is 10.4. The molecule has 1 saturated heterocycles. The maximum absolute atomic E-state index is 4.57. The minimum absolute atomic E-state index is 1.03. The minimum atomic E-state index is 1.03. The summed E-state index contributed by atoms with van der Waals surface area (Å²) in [4.78, 5) is 7.06. The van der Waals surface area contributed by atoms with E-state index in [1.165, 1.54) is 31.8 Å². The number of rotatable bonds is 3. The summed E-state index contributed by atoms with van der Waals surface area (Å²) in [6, 6.07) is 0. The molecule has 3 nitrogen and oxygen atoms in total. The summed E-state index contributed by atoms with van der Waals surface area (Å²) in [5.41, 5.74) is 1.14. The molecule has 0 unspecified atom stereocenters. The van der Waals surface area contributed by atoms with Crippen LogP contribution in [0.3, 0.4) is 0 Å². The Labute approximate surface area is 85.7 Å². The number of imidazole rings is 1. The van der Waals surface area contributed by atoms with Crippen LogP contribution in [-0.4, -0.2) is 27.5 Å². The molecule has 0 aromatic carbocycles. The molecule has 1 aromatic heterocycles. The zero-order valence-electron chi connectivity index (χ0n) is 9.16. The first-order valence-corrected chi connectivity index (χ1v) is 5.54. The Balaban J connectivity index is 2.06. The lowest BCUT2D eigenvalue weighted by Crippen LogP contribution is -2.21. The van der Waals surface area contributed by atoms with Gasteiger partial charge in [0, 0.05) is 12.7 Å². The summed E-state index contributed by atoms with van der Waals surface area (Å²) in [5.74, 6) is 1.23. The first-order valence-electron chi connectivity index (χ1n) is 5.54. The Bertz CT molecular complexity index is 297. The summed E-state index contributed by atoms with van der Waals surface area (Å²) in [6.45, 7) is 8.80. The van der Waals surface area contributed by atoms with Gasteiger partial charge in [-0.2, -0.15) is 0 Å². The van der Waals surface area contributed by atoms with Gasteiger partial charge in [-0.05, 0) is 39.8 Å². The van der Waals surface area contributed by atoms with Gasteiger partial charge >= 0.3 is 0 Å². The standard InChI is InChI=1S/C11H19N3/c1-3-14-8-10(2)12-11(14)9-13-6-4-5-7-13/h8H,3-7,9H2,1-2H3. The second-order valence-electron chi connectivity index (χ2n) is 4.07. The van der Waals surface area contributed by atoms with Crippen LogP contribution < -0.4 is 0 Å². The average molecular weight is 193 g/mol. The van der Waals surface area contributed by atoms with Crippen LogP contribution in [0.1, 0.15) is 31.3 Å². The van der Waals surface area contributed by atoms with Crippen LogP contribution in [0.4, 0.5) is 0 Å². The zero-order chi connectivity index (χ0) is 9.97. The number of hydrogen-bond acceptors (Lipinski definition) is 2. The van der Waals surface area contributed by atoms with Crippen LogP contribution in [0.5, 0.6) is 0 Å². The van der Waals surface area contributed by atoms with Gasteiger partial charge in [0.15, 0.2) is 0 Å². The molecular weight excluding hydrogens is 174 g/mol. The fourth-order valence-electron chi connectivity index (χ4n) is 2.14. The summed E-state index contributed by atoms with van der Waals surface area (Å²) in [7, 11) is 0. The highest BCUT2D eigenvalue weighted by Crippen LogP contribution is 2.12. The van der Waals surface area contributed by atoms with Crippen LogP contribution in [-0.2, 0) is 13.1 Å². The number of hydrogen-bond donors (Lipinski definition) is 0. The van der Waals surface area contributed by atoms with Crippen molar-refractivity contribution < 1.29 is 0 Å². The molecule has 0 bridgehead atoms. The van der Waals surface area contributed by atoms with Crippen LogP contribution in [0.15, 0.2) is 6.20 Å². The molecule has 0 saturated carbocycles. The van der Waals surface area contributed by atoms with Gasteiger partial charge in [0.2, 0.25) is 0 Å². The van der Waals surface area contributed by atoms with Crippen LogP contribution >= 0.6 is 0 Å². The molecule has 3 heteroatoms. The van der Waals surface area contributed by atoms with Gasteiger partial charge in [0.25, 0.3) is 0 Å². The second-order valence-corrected chi connectivity index (χ2v) is 4.07. The highest BCUT2D eigenvalue weighted by atomic mass is 15.2. The van der Waals surface area contributed by atoms with Gasteiger partial charge in [-0.1, -0.05) is 0 Å². The smallest absolute Gasteiger partial charge is 0.123 e. The monoisotopic (exact) mass is 193 g/mol. The Kier molecular flexibility index (Phi) is 2.87. The first-order chi connectivity index (χ1) is 6.79. The molecular formula is C11H19N3. The molecule has 1 aliphatic heterocycles. The predicted molar refractivity (Wildman–Crippen MR) is 57.1 cm³/mol. The van der Waals surface area contributed by atoms with Gasteiger partial charge in [-0.3, -0.25) is 4.90 Å². The average Bonchev–Trinajstić information content (AvgIpc) is 2.76. The summed E-state index contributed by atoms with van der Waals surface area (Å²) in [6.07, 6.45) is 4.85. The second kappa shape index (κ2) is 4.13. The molecule has 0 amide bonds. The van der Waals surface area contributed by atoms with Gasteiger partial charge < -0.3 is 4.57 Å². The minimum Gasteiger partial charge on any atom is -0.334 e. The van der Waals surface area contributed by atoms with Crippen molar-refractivity contribution >= 4 is 0 Å². The summed E-state index contributed by atoms with van der Waals surface area (Å²) >= 11 is 0. The molecule has 0 radical (unpaired) electrons. The van der Waals surface area contributed by atoms with E-state index in [-0.39, 0.29) is 0 Å². The number of aryl methyl sites for hydroxylation is 2. The number of nitrogens with zero attached hydrogens (tertiary/aromatic N) is 3. The maximum atomic E-state index is 4.57. The molecule has 0 aliphatic carbocycles. The van der Waals surface area contributed by atoms with Crippen molar-refractivity contribution in [2.24, 2.45) is 0 Å². The van der Waals surface area contributed by atoms with E-state index in [1.54, 1.807) is 0 Å². The van der Waals surface area contributed by atoms with E-state index in [4.69, 9.17) is 0 Å². The summed E-state index contributed by atoms with van der Waals surface area (Å²) < 4.78 is 2.26. The predicted octanol–water partition coefficient (Wildman–Crippen LogP) is 1.81. The topological polar surface area (TPSA) is 21.1 Å². The Morgan fingerprint density at radius 2 is 2.07 bits per heavy atom. The quantitative estimate of drug-likeness (QED) is 0.730. The molecule has 2 rings (SSSR count). The van der Waals surface area contributed by atoms with Crippen molar-refractivity contribution in [3.8, 4) is 0 Å². The van der Waals surface area contributed by atoms with Gasteiger partial charge in [-0.25, -0.2) is 4.98 Å². The van der Waals surface area contributed by atoms with Crippen LogP contribution in [0.25, 0.3) is 0 Å². The third-order valence-corrected chi connectivity index (χ3v) is 2.88. The molecule has 14 heavy (non-hydrogen) atoms. The maximum Gasteiger partial charge on any atom is 0.123 e. The van der Waals surface area contributed by atoms with E-state index in [0.29, 0.717) is 0 Å². The van der Waals surface area contributed by atoms with Crippen molar-refractivity contribution in [2.75, 3.05) is 13.1 Å². The Hall–Kier alpha value is -0.830. The number of likely N-dealkylation sites (tertiary alicyclic amines) is 1. The third kappa shape index (κ3) is 1.98. The van der Waals surface area contributed by atoms with Crippen LogP contribution in [0, 0.1) is 6.92 Å². The van der Waals surface area contributed by atoms with E-state index >= 15 is 0 Å². The van der Waals surface area contributed by atoms with Crippen LogP contribution in [0.2, 0.25) is 0 Å². The third-order valence-electron chi connectivity index (χ3n) is 2.88. The molecule has 0 atom stereocenters. The SMILES string of the molecule is CCn1cc(C)nc1CN1CCCC1. The lowest BCUT2D eigenvalue weighted by Gasteiger charge is -2.14. The van der Waals surface area contributed by atoms with Gasteiger partial charge in [-0.15, -0.1) is 0 Å². The summed E-state index contributed by atoms with van der Waals surface area (Å²) in [5, 5.41) is 0. The van der Waals surface area contributed by atoms with Crippen molar-refractivity contribution in [1.82, 2.24) is 14.5 Å². The first kappa shape index (κ1) is 9.71. The number of aromatic nitrogens is 2. The van der Waals surface area contributed by atoms with Gasteiger partial charge in [0.1, 0.15) is 5.82 Å². The molecule has 0 N–H and O–H groups in total. The molecule has 2 heterocycles. The van der Waals surface area contributed by atoms with E-state index in [9.17, 15) is 0 Å². The van der Waals surface area contributed by atoms with E-state index < -0.39 is 0 Å². The van der Waals surface area contributed by atoms with E-state index in [0.717, 1.165) is 18.8 Å². The van der Waals surface area contributed by atoms with Crippen molar-refractivity contribution in [1.29, 1.82) is 0 Å². The highest BCUT2D eigenvalue weighted by Gasteiger charge is 2.14.